The molecule has 0 spiro atoms. The topological polar surface area (TPSA) is 55.0 Å². The van der Waals surface area contributed by atoms with Gasteiger partial charge in [-0.2, -0.15) is 0 Å². The molecule has 0 amide bonds. The van der Waals surface area contributed by atoms with E-state index in [1.165, 1.54) is 12.8 Å². The number of nitrogens with zero attached hydrogens (tertiary/aromatic N) is 1. The van der Waals surface area contributed by atoms with Crippen molar-refractivity contribution in [2.75, 3.05) is 6.61 Å². The Bertz CT molecular complexity index is 451. The molecule has 1 heterocycles. The van der Waals surface area contributed by atoms with Gasteiger partial charge in [-0.3, -0.25) is 4.79 Å². The highest BCUT2D eigenvalue weighted by Gasteiger charge is 2.36. The van der Waals surface area contributed by atoms with Gasteiger partial charge < -0.3 is 9.72 Å². The Morgan fingerprint density at radius 1 is 1.39 bits per heavy atom. The van der Waals surface area contributed by atoms with Crippen LogP contribution < -0.4 is 5.56 Å². The largest absolute Gasteiger partial charge is 0.367 e. The molecule has 0 bridgehead atoms. The third-order valence-corrected chi connectivity index (χ3v) is 4.29. The highest BCUT2D eigenvalue weighted by Crippen LogP contribution is 2.37. The van der Waals surface area contributed by atoms with Gasteiger partial charge in [0.25, 0.3) is 5.56 Å². The second kappa shape index (κ2) is 6.14. The predicted molar refractivity (Wildman–Crippen MR) is 78.6 cm³/mol. The molecule has 0 saturated heterocycles. The van der Waals surface area contributed by atoms with E-state index in [1.54, 1.807) is 6.20 Å². The average Bonchev–Trinajstić information content (AvgIpc) is 2.60. The van der Waals surface area contributed by atoms with Gasteiger partial charge in [-0.25, -0.2) is 4.98 Å². The highest BCUT2D eigenvalue weighted by molar-refractivity contribution is 14.1. The maximum Gasteiger partial charge on any atom is 0.264 e. The van der Waals surface area contributed by atoms with Crippen LogP contribution in [-0.4, -0.2) is 16.6 Å². The molecule has 1 saturated carbocycles. The molecule has 0 atom stereocenters. The van der Waals surface area contributed by atoms with Gasteiger partial charge in [-0.1, -0.05) is 25.7 Å². The molecule has 1 aliphatic rings. The van der Waals surface area contributed by atoms with Crippen molar-refractivity contribution in [1.82, 2.24) is 9.97 Å². The standard InChI is InChI=1S/C13H19IN2O2/c1-2-18-13(7-5-3-4-6-8-13)12-15-9-10(14)11(17)16-12/h9H,2-8H2,1H3,(H,15,16,17). The maximum atomic E-state index is 11.8. The summed E-state index contributed by atoms with van der Waals surface area (Å²) in [4.78, 5) is 19.1. The fourth-order valence-corrected chi connectivity index (χ4v) is 2.91. The van der Waals surface area contributed by atoms with Crippen molar-refractivity contribution in [3.8, 4) is 0 Å². The minimum Gasteiger partial charge on any atom is -0.367 e. The third-order valence-electron chi connectivity index (χ3n) is 3.52. The summed E-state index contributed by atoms with van der Waals surface area (Å²) in [6.07, 6.45) is 8.29. The smallest absolute Gasteiger partial charge is 0.264 e. The van der Waals surface area contributed by atoms with Crippen LogP contribution in [0.1, 0.15) is 51.3 Å². The first-order valence-corrected chi connectivity index (χ1v) is 7.65. The molecule has 2 rings (SSSR count). The van der Waals surface area contributed by atoms with Crippen LogP contribution in [0.15, 0.2) is 11.0 Å². The highest BCUT2D eigenvalue weighted by atomic mass is 127. The van der Waals surface area contributed by atoms with E-state index in [4.69, 9.17) is 4.74 Å². The van der Waals surface area contributed by atoms with E-state index in [0.29, 0.717) is 16.0 Å². The molecule has 1 N–H and O–H groups in total. The Kier molecular flexibility index (Phi) is 4.77. The Balaban J connectivity index is 2.38. The number of rotatable bonds is 3. The molecule has 1 aromatic rings. The first kappa shape index (κ1) is 14.0. The normalized spacial score (nSPS) is 19.4. The summed E-state index contributed by atoms with van der Waals surface area (Å²) >= 11 is 2.00. The number of halogens is 1. The van der Waals surface area contributed by atoms with E-state index in [1.807, 2.05) is 29.5 Å². The predicted octanol–water partition coefficient (Wildman–Crippen LogP) is 2.96. The van der Waals surface area contributed by atoms with Crippen LogP contribution in [0, 0.1) is 3.57 Å². The molecule has 1 fully saturated rings. The van der Waals surface area contributed by atoms with Gasteiger partial charge in [0.05, 0.1) is 3.57 Å². The van der Waals surface area contributed by atoms with Gasteiger partial charge in [0.2, 0.25) is 0 Å². The molecule has 1 aliphatic carbocycles. The molecular weight excluding hydrogens is 343 g/mol. The summed E-state index contributed by atoms with van der Waals surface area (Å²) in [6.45, 7) is 2.65. The van der Waals surface area contributed by atoms with E-state index >= 15 is 0 Å². The molecular formula is C13H19IN2O2. The van der Waals surface area contributed by atoms with Gasteiger partial charge in [0.15, 0.2) is 0 Å². The van der Waals surface area contributed by atoms with E-state index in [-0.39, 0.29) is 11.2 Å². The number of aromatic amines is 1. The van der Waals surface area contributed by atoms with Crippen molar-refractivity contribution in [2.24, 2.45) is 0 Å². The Morgan fingerprint density at radius 3 is 2.61 bits per heavy atom. The fourth-order valence-electron chi connectivity index (χ4n) is 2.64. The van der Waals surface area contributed by atoms with Crippen molar-refractivity contribution >= 4 is 22.6 Å². The van der Waals surface area contributed by atoms with Crippen molar-refractivity contribution < 1.29 is 4.74 Å². The van der Waals surface area contributed by atoms with E-state index in [0.717, 1.165) is 25.7 Å². The van der Waals surface area contributed by atoms with Gasteiger partial charge in [-0.15, -0.1) is 0 Å². The molecule has 0 radical (unpaired) electrons. The Morgan fingerprint density at radius 2 is 2.06 bits per heavy atom. The molecule has 0 aliphatic heterocycles. The molecule has 5 heteroatoms. The summed E-state index contributed by atoms with van der Waals surface area (Å²) in [7, 11) is 0. The lowest BCUT2D eigenvalue weighted by molar-refractivity contribution is -0.0626. The summed E-state index contributed by atoms with van der Waals surface area (Å²) in [5, 5.41) is 0. The summed E-state index contributed by atoms with van der Waals surface area (Å²) in [6, 6.07) is 0. The SMILES string of the molecule is CCOC1(c2ncc(I)c(=O)[nH]2)CCCCCC1. The number of hydrogen-bond acceptors (Lipinski definition) is 3. The number of nitrogens with one attached hydrogen (secondary N) is 1. The average molecular weight is 362 g/mol. The van der Waals surface area contributed by atoms with Crippen molar-refractivity contribution in [1.29, 1.82) is 0 Å². The van der Waals surface area contributed by atoms with Crippen molar-refractivity contribution in [2.45, 2.75) is 51.0 Å². The third kappa shape index (κ3) is 2.93. The zero-order chi connectivity index (χ0) is 13.0. The van der Waals surface area contributed by atoms with Crippen molar-refractivity contribution in [3.63, 3.8) is 0 Å². The number of hydrogen-bond donors (Lipinski definition) is 1. The van der Waals surface area contributed by atoms with Gasteiger partial charge >= 0.3 is 0 Å². The minimum atomic E-state index is -0.380. The first-order chi connectivity index (χ1) is 8.68. The minimum absolute atomic E-state index is 0.0658. The van der Waals surface area contributed by atoms with E-state index in [9.17, 15) is 4.79 Å². The monoisotopic (exact) mass is 362 g/mol. The lowest BCUT2D eigenvalue weighted by Crippen LogP contribution is -2.34. The molecule has 0 aromatic carbocycles. The first-order valence-electron chi connectivity index (χ1n) is 6.57. The van der Waals surface area contributed by atoms with Crippen LogP contribution in [0.2, 0.25) is 0 Å². The second-order valence-electron chi connectivity index (χ2n) is 4.75. The molecule has 4 nitrogen and oxygen atoms in total. The lowest BCUT2D eigenvalue weighted by Gasteiger charge is -2.31. The summed E-state index contributed by atoms with van der Waals surface area (Å²) < 4.78 is 6.62. The summed E-state index contributed by atoms with van der Waals surface area (Å²) in [5.41, 5.74) is -0.446. The van der Waals surface area contributed by atoms with Crippen LogP contribution >= 0.6 is 22.6 Å². The zero-order valence-electron chi connectivity index (χ0n) is 10.7. The molecule has 100 valence electrons. The van der Waals surface area contributed by atoms with Crippen LogP contribution in [-0.2, 0) is 10.3 Å². The fraction of sp³-hybridized carbons (Fsp3) is 0.692. The van der Waals surface area contributed by atoms with Crippen LogP contribution in [0.5, 0.6) is 0 Å². The van der Waals surface area contributed by atoms with Gasteiger partial charge in [0.1, 0.15) is 11.4 Å². The molecule has 18 heavy (non-hydrogen) atoms. The zero-order valence-corrected chi connectivity index (χ0v) is 12.8. The lowest BCUT2D eigenvalue weighted by atomic mass is 9.93. The van der Waals surface area contributed by atoms with Crippen molar-refractivity contribution in [3.05, 3.63) is 25.9 Å². The summed E-state index contributed by atoms with van der Waals surface area (Å²) in [5.74, 6) is 0.705. The number of aromatic nitrogens is 2. The maximum absolute atomic E-state index is 11.8. The van der Waals surface area contributed by atoms with Gasteiger partial charge in [0, 0.05) is 12.8 Å². The Hall–Kier alpha value is -0.430. The quantitative estimate of drug-likeness (QED) is 0.665. The van der Waals surface area contributed by atoms with E-state index < -0.39 is 0 Å². The Labute approximate surface area is 121 Å². The van der Waals surface area contributed by atoms with Crippen LogP contribution in [0.3, 0.4) is 0 Å². The van der Waals surface area contributed by atoms with Crippen LogP contribution in [0.25, 0.3) is 0 Å². The van der Waals surface area contributed by atoms with E-state index in [2.05, 4.69) is 9.97 Å². The second-order valence-corrected chi connectivity index (χ2v) is 5.91. The number of H-pyrrole nitrogens is 1. The number of ether oxygens (including phenoxy) is 1. The van der Waals surface area contributed by atoms with Crippen LogP contribution in [0.4, 0.5) is 0 Å². The van der Waals surface area contributed by atoms with Gasteiger partial charge in [-0.05, 0) is 42.4 Å². The molecule has 0 unspecified atom stereocenters. The molecule has 1 aromatic heterocycles.